The van der Waals surface area contributed by atoms with E-state index >= 15 is 0 Å². The molecule has 32 heavy (non-hydrogen) atoms. The van der Waals surface area contributed by atoms with Gasteiger partial charge in [-0.3, -0.25) is 9.59 Å². The van der Waals surface area contributed by atoms with Gasteiger partial charge >= 0.3 is 6.18 Å². The fraction of sp³-hybridized carbons (Fsp3) is 0.682. The molecule has 0 spiro atoms. The predicted molar refractivity (Wildman–Crippen MR) is 110 cm³/mol. The average Bonchev–Trinajstić information content (AvgIpc) is 3.12. The number of hydrogen-bond donors (Lipinski definition) is 3. The summed E-state index contributed by atoms with van der Waals surface area (Å²) in [4.78, 5) is 24.9. The molecule has 4 aliphatic carbocycles. The first kappa shape index (κ1) is 22.8. The van der Waals surface area contributed by atoms with Crippen LogP contribution in [0.5, 0.6) is 0 Å². The largest absolute Gasteiger partial charge is 0.434 e. The molecule has 2 unspecified atom stereocenters. The molecule has 176 valence electrons. The Morgan fingerprint density at radius 1 is 1.22 bits per heavy atom. The molecular weight excluding hydrogens is 425 g/mol. The van der Waals surface area contributed by atoms with Gasteiger partial charge in [0.1, 0.15) is 0 Å². The number of hydrogen-bond acceptors (Lipinski definition) is 4. The lowest BCUT2D eigenvalue weighted by molar-refractivity contribution is -0.143. The number of alkyl halides is 3. The van der Waals surface area contributed by atoms with Gasteiger partial charge < -0.3 is 15.7 Å². The van der Waals surface area contributed by atoms with Crippen molar-refractivity contribution >= 4 is 18.0 Å². The first-order chi connectivity index (χ1) is 14.8. The lowest BCUT2D eigenvalue weighted by Crippen LogP contribution is -2.61. The third-order valence-electron chi connectivity index (χ3n) is 7.29. The summed E-state index contributed by atoms with van der Waals surface area (Å²) in [5, 5.41) is 19.7. The van der Waals surface area contributed by atoms with Crippen LogP contribution in [-0.2, 0) is 11.0 Å². The molecule has 4 saturated carbocycles. The van der Waals surface area contributed by atoms with Crippen LogP contribution in [0.25, 0.3) is 6.20 Å². The minimum Gasteiger partial charge on any atom is -0.390 e. The maximum atomic E-state index is 13.9. The highest BCUT2D eigenvalue weighted by Gasteiger charge is 2.55. The van der Waals surface area contributed by atoms with Crippen LogP contribution in [0.1, 0.15) is 62.0 Å². The van der Waals surface area contributed by atoms with E-state index in [2.05, 4.69) is 15.7 Å². The van der Waals surface area contributed by atoms with Gasteiger partial charge in [0.25, 0.3) is 5.91 Å². The summed E-state index contributed by atoms with van der Waals surface area (Å²) < 4.78 is 42.2. The Labute approximate surface area is 184 Å². The van der Waals surface area contributed by atoms with Crippen molar-refractivity contribution in [2.45, 2.75) is 63.8 Å². The number of carbonyl (C=O) groups excluding carboxylic acids is 2. The van der Waals surface area contributed by atoms with E-state index in [4.69, 9.17) is 0 Å². The molecule has 1 aromatic heterocycles. The second-order valence-electron chi connectivity index (χ2n) is 10.2. The van der Waals surface area contributed by atoms with Gasteiger partial charge in [-0.25, -0.2) is 4.68 Å². The van der Waals surface area contributed by atoms with E-state index < -0.39 is 34.4 Å². The van der Waals surface area contributed by atoms with Crippen molar-refractivity contribution in [1.29, 1.82) is 0 Å². The first-order valence-corrected chi connectivity index (χ1v) is 10.9. The monoisotopic (exact) mass is 454 g/mol. The van der Waals surface area contributed by atoms with Crippen molar-refractivity contribution in [1.82, 2.24) is 20.4 Å². The number of amides is 2. The van der Waals surface area contributed by atoms with Crippen molar-refractivity contribution in [3.8, 4) is 0 Å². The second kappa shape index (κ2) is 7.60. The van der Waals surface area contributed by atoms with E-state index in [9.17, 15) is 27.9 Å². The summed E-state index contributed by atoms with van der Waals surface area (Å²) >= 11 is 0. The molecule has 0 aromatic carbocycles. The number of aliphatic hydroxyl groups is 1. The zero-order valence-corrected chi connectivity index (χ0v) is 18.4. The fourth-order valence-electron chi connectivity index (χ4n) is 6.02. The van der Waals surface area contributed by atoms with Crippen LogP contribution in [0.15, 0.2) is 12.3 Å². The molecule has 5 rings (SSSR count). The molecule has 2 amide bonds. The standard InChI is InChI=1S/C22H29F3N4O3/c1-20(2,19(31)26-3)4-5-29-17(22(23,24)25)15(11-27-29)18(30)28-16-13-6-12-7-14(16)10-21(32,8-12)9-13/h4-5,11-14,16,32H,6-10H2,1-3H3,(H,26,31)(H,28,30)/b5-4+. The molecule has 0 aliphatic heterocycles. The van der Waals surface area contributed by atoms with Gasteiger partial charge in [0, 0.05) is 19.3 Å². The molecule has 4 aliphatic rings. The highest BCUT2D eigenvalue weighted by Crippen LogP contribution is 2.55. The summed E-state index contributed by atoms with van der Waals surface area (Å²) in [5.74, 6) is -0.600. The maximum Gasteiger partial charge on any atom is 0.434 e. The van der Waals surface area contributed by atoms with E-state index in [-0.39, 0.29) is 23.8 Å². The van der Waals surface area contributed by atoms with Crippen LogP contribution in [-0.4, -0.2) is 45.4 Å². The van der Waals surface area contributed by atoms with Crippen molar-refractivity contribution in [3.05, 3.63) is 23.5 Å². The Morgan fingerprint density at radius 3 is 2.38 bits per heavy atom. The second-order valence-corrected chi connectivity index (χ2v) is 10.2. The Morgan fingerprint density at radius 2 is 1.84 bits per heavy atom. The van der Waals surface area contributed by atoms with Gasteiger partial charge in [0.15, 0.2) is 5.69 Å². The number of rotatable bonds is 5. The zero-order valence-electron chi connectivity index (χ0n) is 18.4. The number of nitrogens with zero attached hydrogens (tertiary/aromatic N) is 2. The Bertz CT molecular complexity index is 937. The van der Waals surface area contributed by atoms with Crippen molar-refractivity contribution in [2.24, 2.45) is 23.2 Å². The van der Waals surface area contributed by atoms with E-state index in [1.807, 2.05) is 0 Å². The van der Waals surface area contributed by atoms with Crippen LogP contribution in [0.4, 0.5) is 13.2 Å². The summed E-state index contributed by atoms with van der Waals surface area (Å²) in [7, 11) is 1.44. The summed E-state index contributed by atoms with van der Waals surface area (Å²) in [6.07, 6.45) is 2.18. The molecule has 4 fully saturated rings. The van der Waals surface area contributed by atoms with Gasteiger partial charge in [0.2, 0.25) is 5.91 Å². The maximum absolute atomic E-state index is 13.9. The topological polar surface area (TPSA) is 96.2 Å². The number of halogens is 3. The minimum absolute atomic E-state index is 0.0767. The van der Waals surface area contributed by atoms with Gasteiger partial charge in [-0.05, 0) is 63.7 Å². The van der Waals surface area contributed by atoms with Gasteiger partial charge in [0.05, 0.1) is 22.8 Å². The van der Waals surface area contributed by atoms with Gasteiger partial charge in [-0.2, -0.15) is 18.3 Å². The zero-order chi connectivity index (χ0) is 23.5. The number of aromatic nitrogens is 2. The van der Waals surface area contributed by atoms with Crippen molar-refractivity contribution < 1.29 is 27.9 Å². The van der Waals surface area contributed by atoms with Crippen LogP contribution in [0, 0.1) is 23.2 Å². The third-order valence-corrected chi connectivity index (χ3v) is 7.29. The Kier molecular flexibility index (Phi) is 5.42. The van der Waals surface area contributed by atoms with Crippen LogP contribution >= 0.6 is 0 Å². The third kappa shape index (κ3) is 4.04. The highest BCUT2D eigenvalue weighted by molar-refractivity contribution is 5.95. The van der Waals surface area contributed by atoms with Gasteiger partial charge in [-0.1, -0.05) is 6.08 Å². The normalized spacial score (nSPS) is 31.8. The van der Waals surface area contributed by atoms with E-state index in [0.29, 0.717) is 23.4 Å². The summed E-state index contributed by atoms with van der Waals surface area (Å²) in [6.45, 7) is 3.13. The SMILES string of the molecule is CNC(=O)C(C)(C)/C=C/n1ncc(C(=O)NC2C3CC4CC2CC(O)(C4)C3)c1C(F)(F)F. The van der Waals surface area contributed by atoms with Crippen molar-refractivity contribution in [2.75, 3.05) is 7.05 Å². The van der Waals surface area contributed by atoms with Crippen LogP contribution in [0.2, 0.25) is 0 Å². The first-order valence-electron chi connectivity index (χ1n) is 10.9. The van der Waals surface area contributed by atoms with Gasteiger partial charge in [-0.15, -0.1) is 0 Å². The number of carbonyl (C=O) groups is 2. The lowest BCUT2D eigenvalue weighted by Gasteiger charge is -2.58. The summed E-state index contributed by atoms with van der Waals surface area (Å²) in [6, 6.07) is -0.244. The average molecular weight is 454 g/mol. The Balaban J connectivity index is 1.57. The molecule has 4 bridgehead atoms. The van der Waals surface area contributed by atoms with Crippen molar-refractivity contribution in [3.63, 3.8) is 0 Å². The molecule has 0 radical (unpaired) electrons. The molecular formula is C22H29F3N4O3. The number of nitrogens with one attached hydrogen (secondary N) is 2. The quantitative estimate of drug-likeness (QED) is 0.638. The molecule has 7 nitrogen and oxygen atoms in total. The molecule has 2 atom stereocenters. The molecule has 0 saturated heterocycles. The fourth-order valence-corrected chi connectivity index (χ4v) is 6.02. The molecule has 1 heterocycles. The smallest absolute Gasteiger partial charge is 0.390 e. The Hall–Kier alpha value is -2.36. The van der Waals surface area contributed by atoms with E-state index in [1.54, 1.807) is 13.8 Å². The summed E-state index contributed by atoms with van der Waals surface area (Å²) in [5.41, 5.74) is -3.48. The lowest BCUT2D eigenvalue weighted by atomic mass is 9.52. The molecule has 3 N–H and O–H groups in total. The van der Waals surface area contributed by atoms with Crippen LogP contribution in [0.3, 0.4) is 0 Å². The molecule has 1 aromatic rings. The highest BCUT2D eigenvalue weighted by atomic mass is 19.4. The minimum atomic E-state index is -4.82. The van der Waals surface area contributed by atoms with E-state index in [1.165, 1.54) is 13.1 Å². The predicted octanol–water partition coefficient (Wildman–Crippen LogP) is 2.81. The van der Waals surface area contributed by atoms with Crippen LogP contribution < -0.4 is 10.6 Å². The molecule has 10 heteroatoms. The van der Waals surface area contributed by atoms with E-state index in [0.717, 1.165) is 31.7 Å².